The molecule has 3 N–H and O–H groups in total. The van der Waals surface area contributed by atoms with E-state index in [1.54, 1.807) is 29.2 Å². The maximum atomic E-state index is 12.5. The van der Waals surface area contributed by atoms with Crippen molar-refractivity contribution in [3.8, 4) is 0 Å². The third kappa shape index (κ3) is 4.46. The summed E-state index contributed by atoms with van der Waals surface area (Å²) < 4.78 is 0. The summed E-state index contributed by atoms with van der Waals surface area (Å²) in [6.45, 7) is 4.98. The van der Waals surface area contributed by atoms with Crippen LogP contribution in [0.5, 0.6) is 0 Å². The van der Waals surface area contributed by atoms with Crippen LogP contribution in [0.3, 0.4) is 0 Å². The van der Waals surface area contributed by atoms with Crippen molar-refractivity contribution < 1.29 is 14.7 Å². The zero-order chi connectivity index (χ0) is 19.4. The molecule has 6 nitrogen and oxygen atoms in total. The molecule has 6 heteroatoms. The Balaban J connectivity index is 1.58. The lowest BCUT2D eigenvalue weighted by Gasteiger charge is -2.20. The van der Waals surface area contributed by atoms with Crippen molar-refractivity contribution in [2.45, 2.75) is 33.0 Å². The van der Waals surface area contributed by atoms with Crippen LogP contribution in [-0.4, -0.2) is 34.6 Å². The number of benzene rings is 2. The minimum absolute atomic E-state index is 0.101. The van der Waals surface area contributed by atoms with Crippen LogP contribution < -0.4 is 10.6 Å². The Bertz CT molecular complexity index is 793. The number of fused-ring (bicyclic) bond motifs is 1. The summed E-state index contributed by atoms with van der Waals surface area (Å²) in [7, 11) is 0. The highest BCUT2D eigenvalue weighted by Crippen LogP contribution is 2.23. The molecular weight excluding hydrogens is 342 g/mol. The highest BCUT2D eigenvalue weighted by Gasteiger charge is 2.23. The molecule has 2 aromatic rings. The van der Waals surface area contributed by atoms with E-state index >= 15 is 0 Å². The van der Waals surface area contributed by atoms with E-state index in [1.165, 1.54) is 11.1 Å². The predicted octanol–water partition coefficient (Wildman–Crippen LogP) is 2.98. The van der Waals surface area contributed by atoms with Gasteiger partial charge in [0.25, 0.3) is 5.91 Å². The van der Waals surface area contributed by atoms with Crippen molar-refractivity contribution >= 4 is 17.6 Å². The first kappa shape index (κ1) is 18.9. The van der Waals surface area contributed by atoms with Crippen LogP contribution in [0.2, 0.25) is 0 Å². The van der Waals surface area contributed by atoms with Crippen LogP contribution >= 0.6 is 0 Å². The molecule has 1 aliphatic rings. The van der Waals surface area contributed by atoms with E-state index in [4.69, 9.17) is 0 Å². The number of aliphatic hydroxyl groups is 1. The number of carbonyl (C=O) groups is 2. The molecule has 3 amide bonds. The summed E-state index contributed by atoms with van der Waals surface area (Å²) in [5.41, 5.74) is 3.46. The molecule has 0 radical (unpaired) electrons. The van der Waals surface area contributed by atoms with Crippen molar-refractivity contribution in [1.82, 2.24) is 10.2 Å². The lowest BCUT2D eigenvalue weighted by Crippen LogP contribution is -2.41. The quantitative estimate of drug-likeness (QED) is 0.760. The van der Waals surface area contributed by atoms with Crippen LogP contribution in [0, 0.1) is 5.92 Å². The van der Waals surface area contributed by atoms with Gasteiger partial charge in [-0.25, -0.2) is 4.79 Å². The van der Waals surface area contributed by atoms with Crippen LogP contribution in [0.4, 0.5) is 10.5 Å². The van der Waals surface area contributed by atoms with Gasteiger partial charge in [0.05, 0.1) is 12.6 Å². The van der Waals surface area contributed by atoms with Gasteiger partial charge in [-0.15, -0.1) is 0 Å². The summed E-state index contributed by atoms with van der Waals surface area (Å²) in [5, 5.41) is 15.0. The average Bonchev–Trinajstić information content (AvgIpc) is 3.10. The Labute approximate surface area is 159 Å². The molecule has 0 saturated heterocycles. The van der Waals surface area contributed by atoms with Crippen LogP contribution in [0.25, 0.3) is 0 Å². The Morgan fingerprint density at radius 2 is 1.63 bits per heavy atom. The number of hydrogen-bond acceptors (Lipinski definition) is 3. The number of nitrogens with zero attached hydrogens (tertiary/aromatic N) is 1. The molecular formula is C21H25N3O3. The number of urea groups is 1. The molecule has 0 aliphatic carbocycles. The molecule has 27 heavy (non-hydrogen) atoms. The standard InChI is InChI=1S/C21H25N3O3/c1-14(2)19(13-25)23-20(26)15-7-9-18(10-8-15)22-21(27)24-11-16-5-3-4-6-17(16)12-24/h3-10,14,19,25H,11-13H2,1-2H3,(H,22,27)(H,23,26)/t19-/m0/s1. The maximum Gasteiger partial charge on any atom is 0.322 e. The predicted molar refractivity (Wildman–Crippen MR) is 104 cm³/mol. The number of carbonyl (C=O) groups excluding carboxylic acids is 2. The van der Waals surface area contributed by atoms with Gasteiger partial charge in [-0.2, -0.15) is 0 Å². The molecule has 0 saturated carbocycles. The minimum Gasteiger partial charge on any atom is -0.394 e. The van der Waals surface area contributed by atoms with Crippen molar-refractivity contribution in [2.75, 3.05) is 11.9 Å². The van der Waals surface area contributed by atoms with E-state index < -0.39 is 0 Å². The second-order valence-electron chi connectivity index (χ2n) is 7.14. The first-order valence-corrected chi connectivity index (χ1v) is 9.12. The fourth-order valence-corrected chi connectivity index (χ4v) is 3.06. The summed E-state index contributed by atoms with van der Waals surface area (Å²) in [4.78, 5) is 26.5. The van der Waals surface area contributed by atoms with Gasteiger partial charge in [-0.3, -0.25) is 4.79 Å². The molecule has 0 fully saturated rings. The summed E-state index contributed by atoms with van der Waals surface area (Å²) in [6, 6.07) is 14.3. The van der Waals surface area contributed by atoms with Crippen LogP contribution in [0.15, 0.2) is 48.5 Å². The fourth-order valence-electron chi connectivity index (χ4n) is 3.06. The SMILES string of the molecule is CC(C)[C@H](CO)NC(=O)c1ccc(NC(=O)N2Cc3ccccc3C2)cc1. The topological polar surface area (TPSA) is 81.7 Å². The molecule has 0 spiro atoms. The highest BCUT2D eigenvalue weighted by atomic mass is 16.3. The number of nitrogens with one attached hydrogen (secondary N) is 2. The van der Waals surface area contributed by atoms with E-state index in [0.717, 1.165) is 0 Å². The Morgan fingerprint density at radius 1 is 1.04 bits per heavy atom. The van der Waals surface area contributed by atoms with Crippen molar-refractivity contribution in [2.24, 2.45) is 5.92 Å². The first-order chi connectivity index (χ1) is 13.0. The van der Waals surface area contributed by atoms with Gasteiger partial charge in [-0.1, -0.05) is 38.1 Å². The van der Waals surface area contributed by atoms with E-state index in [-0.39, 0.29) is 30.5 Å². The number of rotatable bonds is 5. The van der Waals surface area contributed by atoms with Gasteiger partial charge in [-0.05, 0) is 41.3 Å². The van der Waals surface area contributed by atoms with Gasteiger partial charge in [0, 0.05) is 24.3 Å². The van der Waals surface area contributed by atoms with E-state index in [2.05, 4.69) is 10.6 Å². The molecule has 0 bridgehead atoms. The fraction of sp³-hybridized carbons (Fsp3) is 0.333. The average molecular weight is 367 g/mol. The van der Waals surface area contributed by atoms with Crippen molar-refractivity contribution in [1.29, 1.82) is 0 Å². The monoisotopic (exact) mass is 367 g/mol. The Hall–Kier alpha value is -2.86. The van der Waals surface area contributed by atoms with E-state index in [1.807, 2.05) is 38.1 Å². The Kier molecular flexibility index (Phi) is 5.76. The molecule has 1 atom stereocenters. The van der Waals surface area contributed by atoms with Gasteiger partial charge < -0.3 is 20.6 Å². The first-order valence-electron chi connectivity index (χ1n) is 9.12. The normalized spacial score (nSPS) is 14.0. The van der Waals surface area contributed by atoms with Crippen LogP contribution in [0.1, 0.15) is 35.3 Å². The number of amides is 3. The third-order valence-corrected chi connectivity index (χ3v) is 4.84. The lowest BCUT2D eigenvalue weighted by atomic mass is 10.0. The molecule has 1 aliphatic heterocycles. The molecule has 0 unspecified atom stereocenters. The van der Waals surface area contributed by atoms with E-state index in [0.29, 0.717) is 24.3 Å². The lowest BCUT2D eigenvalue weighted by molar-refractivity contribution is 0.0897. The number of anilines is 1. The largest absolute Gasteiger partial charge is 0.394 e. The molecule has 2 aromatic carbocycles. The van der Waals surface area contributed by atoms with Crippen molar-refractivity contribution in [3.05, 3.63) is 65.2 Å². The molecule has 3 rings (SSSR count). The van der Waals surface area contributed by atoms with Gasteiger partial charge in [0.1, 0.15) is 0 Å². The summed E-state index contributed by atoms with van der Waals surface area (Å²) in [6.07, 6.45) is 0. The zero-order valence-corrected chi connectivity index (χ0v) is 15.6. The summed E-state index contributed by atoms with van der Waals surface area (Å²) >= 11 is 0. The van der Waals surface area contributed by atoms with E-state index in [9.17, 15) is 14.7 Å². The smallest absolute Gasteiger partial charge is 0.322 e. The number of hydrogen-bond donors (Lipinski definition) is 3. The third-order valence-electron chi connectivity index (χ3n) is 4.84. The summed E-state index contributed by atoms with van der Waals surface area (Å²) in [5.74, 6) is -0.0993. The molecule has 0 aromatic heterocycles. The molecule has 142 valence electrons. The highest BCUT2D eigenvalue weighted by molar-refractivity contribution is 5.95. The van der Waals surface area contributed by atoms with Gasteiger partial charge in [0.2, 0.25) is 0 Å². The van der Waals surface area contributed by atoms with Crippen molar-refractivity contribution in [3.63, 3.8) is 0 Å². The maximum absolute atomic E-state index is 12.5. The Morgan fingerprint density at radius 3 is 2.15 bits per heavy atom. The number of aliphatic hydroxyl groups excluding tert-OH is 1. The van der Waals surface area contributed by atoms with Gasteiger partial charge in [0.15, 0.2) is 0 Å². The van der Waals surface area contributed by atoms with Crippen LogP contribution in [-0.2, 0) is 13.1 Å². The second kappa shape index (κ2) is 8.22. The second-order valence-corrected chi connectivity index (χ2v) is 7.14. The minimum atomic E-state index is -0.284. The zero-order valence-electron chi connectivity index (χ0n) is 15.6. The van der Waals surface area contributed by atoms with Gasteiger partial charge >= 0.3 is 6.03 Å². The molecule has 1 heterocycles.